The number of hydrogen-bond donors (Lipinski definition) is 1. The number of likely N-dealkylation sites (N-methyl/N-ethyl adjacent to an activating group) is 1. The van der Waals surface area contributed by atoms with Gasteiger partial charge in [-0.2, -0.15) is 18.3 Å². The predicted octanol–water partition coefficient (Wildman–Crippen LogP) is 5.60. The van der Waals surface area contributed by atoms with Crippen LogP contribution in [0, 0.1) is 6.92 Å². The van der Waals surface area contributed by atoms with Crippen molar-refractivity contribution >= 4 is 17.6 Å². The van der Waals surface area contributed by atoms with Crippen molar-refractivity contribution in [1.82, 2.24) is 14.7 Å². The normalized spacial score (nSPS) is 11.9. The topological polar surface area (TPSA) is 67.2 Å². The van der Waals surface area contributed by atoms with E-state index in [1.165, 1.54) is 17.0 Å². The van der Waals surface area contributed by atoms with E-state index in [2.05, 4.69) is 5.32 Å². The number of nitrogens with zero attached hydrogens (tertiary/aromatic N) is 3. The minimum Gasteiger partial charge on any atom is -0.330 e. The van der Waals surface area contributed by atoms with Crippen LogP contribution in [0.4, 0.5) is 19.0 Å². The number of alkyl halides is 3. The Morgan fingerprint density at radius 3 is 2.31 bits per heavy atom. The van der Waals surface area contributed by atoms with E-state index in [4.69, 9.17) is 5.10 Å². The number of rotatable bonds is 6. The average molecular weight is 487 g/mol. The Bertz CT molecular complexity index is 1230. The zero-order chi connectivity index (χ0) is 26.0. The maximum atomic E-state index is 13.1. The molecular formula is C26H29F3N4O2. The van der Waals surface area contributed by atoms with Gasteiger partial charge in [0.2, 0.25) is 5.91 Å². The lowest BCUT2D eigenvalue weighted by Gasteiger charge is -2.21. The summed E-state index contributed by atoms with van der Waals surface area (Å²) >= 11 is 0. The molecule has 2 amide bonds. The summed E-state index contributed by atoms with van der Waals surface area (Å²) in [4.78, 5) is 27.0. The standard InChI is InChI=1S/C26H29F3N4O2/c1-6-32(24(35)18-11-9-12-19(14-18)26(27,28)29)16-23(34)30-22-15-21(25(3,4)5)31-33(22)20-13-8-7-10-17(20)2/h7-15H,6,16H2,1-5H3,(H,30,34). The molecular weight excluding hydrogens is 457 g/mol. The SMILES string of the molecule is CCN(CC(=O)Nc1cc(C(C)(C)C)nn1-c1ccccc1C)C(=O)c1cccc(C(F)(F)F)c1. The highest BCUT2D eigenvalue weighted by Crippen LogP contribution is 2.30. The Balaban J connectivity index is 1.85. The molecule has 0 bridgehead atoms. The molecule has 35 heavy (non-hydrogen) atoms. The van der Waals surface area contributed by atoms with Gasteiger partial charge in [-0.25, -0.2) is 4.68 Å². The molecule has 0 saturated heterocycles. The van der Waals surface area contributed by atoms with Gasteiger partial charge in [-0.3, -0.25) is 9.59 Å². The number of nitrogens with one attached hydrogen (secondary N) is 1. The van der Waals surface area contributed by atoms with Gasteiger partial charge in [-0.05, 0) is 43.7 Å². The van der Waals surface area contributed by atoms with Gasteiger partial charge in [0.05, 0.1) is 16.9 Å². The van der Waals surface area contributed by atoms with Gasteiger partial charge < -0.3 is 10.2 Å². The van der Waals surface area contributed by atoms with Crippen LogP contribution in [0.2, 0.25) is 0 Å². The second-order valence-corrected chi connectivity index (χ2v) is 9.31. The molecule has 3 aromatic rings. The zero-order valence-electron chi connectivity index (χ0n) is 20.4. The van der Waals surface area contributed by atoms with Crippen LogP contribution in [0.1, 0.15) is 54.9 Å². The van der Waals surface area contributed by atoms with Gasteiger partial charge in [0.1, 0.15) is 12.4 Å². The van der Waals surface area contributed by atoms with Crippen LogP contribution in [-0.4, -0.2) is 39.6 Å². The van der Waals surface area contributed by atoms with E-state index in [1.54, 1.807) is 17.7 Å². The van der Waals surface area contributed by atoms with Crippen molar-refractivity contribution < 1.29 is 22.8 Å². The number of aromatic nitrogens is 2. The van der Waals surface area contributed by atoms with Crippen LogP contribution < -0.4 is 5.32 Å². The summed E-state index contributed by atoms with van der Waals surface area (Å²) in [5.41, 5.74) is 1.20. The van der Waals surface area contributed by atoms with Crippen LogP contribution in [0.25, 0.3) is 5.69 Å². The van der Waals surface area contributed by atoms with E-state index in [9.17, 15) is 22.8 Å². The molecule has 0 saturated carbocycles. The summed E-state index contributed by atoms with van der Waals surface area (Å²) in [5, 5.41) is 7.52. The van der Waals surface area contributed by atoms with Crippen LogP contribution in [-0.2, 0) is 16.4 Å². The minimum atomic E-state index is -4.57. The molecule has 0 atom stereocenters. The quantitative estimate of drug-likeness (QED) is 0.493. The van der Waals surface area contributed by atoms with Gasteiger partial charge in [0, 0.05) is 23.6 Å². The Kier molecular flexibility index (Phi) is 7.38. The van der Waals surface area contributed by atoms with E-state index in [0.29, 0.717) is 5.82 Å². The number of benzene rings is 2. The number of anilines is 1. The number of carbonyl (C=O) groups excluding carboxylic acids is 2. The average Bonchev–Trinajstić information content (AvgIpc) is 3.20. The Hall–Kier alpha value is -3.62. The van der Waals surface area contributed by atoms with Crippen molar-refractivity contribution in [3.63, 3.8) is 0 Å². The molecule has 9 heteroatoms. The van der Waals surface area contributed by atoms with Gasteiger partial charge in [0.15, 0.2) is 0 Å². The maximum absolute atomic E-state index is 13.1. The fourth-order valence-electron chi connectivity index (χ4n) is 3.52. The number of hydrogen-bond acceptors (Lipinski definition) is 3. The second-order valence-electron chi connectivity index (χ2n) is 9.31. The Morgan fingerprint density at radius 1 is 1.03 bits per heavy atom. The van der Waals surface area contributed by atoms with Crippen molar-refractivity contribution in [2.75, 3.05) is 18.4 Å². The Labute approximate surface area is 202 Å². The number of carbonyl (C=O) groups is 2. The van der Waals surface area contributed by atoms with Crippen molar-refractivity contribution in [2.45, 2.75) is 46.2 Å². The second kappa shape index (κ2) is 9.93. The summed E-state index contributed by atoms with van der Waals surface area (Å²) in [6.45, 7) is 9.45. The van der Waals surface area contributed by atoms with Crippen LogP contribution >= 0.6 is 0 Å². The zero-order valence-corrected chi connectivity index (χ0v) is 20.4. The number of aryl methyl sites for hydroxylation is 1. The molecule has 186 valence electrons. The number of para-hydroxylation sites is 1. The summed E-state index contributed by atoms with van der Waals surface area (Å²) in [6, 6.07) is 13.6. The van der Waals surface area contributed by atoms with Crippen molar-refractivity contribution in [2.24, 2.45) is 0 Å². The van der Waals surface area contributed by atoms with Crippen molar-refractivity contribution in [1.29, 1.82) is 0 Å². The molecule has 0 radical (unpaired) electrons. The van der Waals surface area contributed by atoms with E-state index in [-0.39, 0.29) is 24.1 Å². The molecule has 1 heterocycles. The molecule has 1 aromatic heterocycles. The van der Waals surface area contributed by atoms with Gasteiger partial charge in [-0.1, -0.05) is 45.0 Å². The molecule has 1 N–H and O–H groups in total. The highest BCUT2D eigenvalue weighted by Gasteiger charge is 2.31. The third-order valence-corrected chi connectivity index (χ3v) is 5.53. The number of halogens is 3. The molecule has 0 aliphatic heterocycles. The number of amides is 2. The highest BCUT2D eigenvalue weighted by molar-refractivity contribution is 5.99. The smallest absolute Gasteiger partial charge is 0.330 e. The van der Waals surface area contributed by atoms with Gasteiger partial charge in [0.25, 0.3) is 5.91 Å². The first-order valence-electron chi connectivity index (χ1n) is 11.2. The molecule has 0 aliphatic rings. The lowest BCUT2D eigenvalue weighted by atomic mass is 9.92. The van der Waals surface area contributed by atoms with Crippen LogP contribution in [0.5, 0.6) is 0 Å². The monoisotopic (exact) mass is 486 g/mol. The lowest BCUT2D eigenvalue weighted by Crippen LogP contribution is -2.38. The molecule has 6 nitrogen and oxygen atoms in total. The fourth-order valence-corrected chi connectivity index (χ4v) is 3.52. The third kappa shape index (κ3) is 6.09. The first kappa shape index (κ1) is 26.0. The summed E-state index contributed by atoms with van der Waals surface area (Å²) in [6.07, 6.45) is -4.57. The van der Waals surface area contributed by atoms with Gasteiger partial charge in [-0.15, -0.1) is 0 Å². The van der Waals surface area contributed by atoms with Gasteiger partial charge >= 0.3 is 6.18 Å². The van der Waals surface area contributed by atoms with E-state index < -0.39 is 23.6 Å². The predicted molar refractivity (Wildman–Crippen MR) is 129 cm³/mol. The van der Waals surface area contributed by atoms with Crippen molar-refractivity contribution in [3.05, 3.63) is 77.0 Å². The van der Waals surface area contributed by atoms with Crippen LogP contribution in [0.3, 0.4) is 0 Å². The van der Waals surface area contributed by atoms with Crippen molar-refractivity contribution in [3.8, 4) is 5.69 Å². The molecule has 3 rings (SSSR count). The van der Waals surface area contributed by atoms with Crippen LogP contribution in [0.15, 0.2) is 54.6 Å². The molecule has 0 spiro atoms. The first-order chi connectivity index (χ1) is 16.3. The van der Waals surface area contributed by atoms with E-state index in [0.717, 1.165) is 29.1 Å². The summed E-state index contributed by atoms with van der Waals surface area (Å²) in [5.74, 6) is -0.698. The maximum Gasteiger partial charge on any atom is 0.416 e. The summed E-state index contributed by atoms with van der Waals surface area (Å²) < 4.78 is 40.8. The molecule has 2 aromatic carbocycles. The van der Waals surface area contributed by atoms with E-state index >= 15 is 0 Å². The molecule has 0 fully saturated rings. The minimum absolute atomic E-state index is 0.130. The third-order valence-electron chi connectivity index (χ3n) is 5.53. The Morgan fingerprint density at radius 2 is 1.71 bits per heavy atom. The molecule has 0 aliphatic carbocycles. The fraction of sp³-hybridized carbons (Fsp3) is 0.346. The summed E-state index contributed by atoms with van der Waals surface area (Å²) in [7, 11) is 0. The first-order valence-corrected chi connectivity index (χ1v) is 11.2. The molecule has 0 unspecified atom stereocenters. The highest BCUT2D eigenvalue weighted by atomic mass is 19.4. The lowest BCUT2D eigenvalue weighted by molar-refractivity contribution is -0.137. The van der Waals surface area contributed by atoms with E-state index in [1.807, 2.05) is 52.0 Å². The largest absolute Gasteiger partial charge is 0.416 e.